The Morgan fingerprint density at radius 2 is 1.74 bits per heavy atom. The van der Waals surface area contributed by atoms with Crippen molar-refractivity contribution in [3.05, 3.63) is 71.0 Å². The Balaban J connectivity index is 2.15. The molecule has 0 radical (unpaired) electrons. The second-order valence-electron chi connectivity index (χ2n) is 7.00. The zero-order chi connectivity index (χ0) is 20.0. The largest absolute Gasteiger partial charge is 0.346 e. The van der Waals surface area contributed by atoms with E-state index in [2.05, 4.69) is 5.32 Å². The molecule has 1 amide bonds. The molecule has 1 aliphatic heterocycles. The number of nitrogens with zero attached hydrogens (tertiary/aromatic N) is 1. The Morgan fingerprint density at radius 1 is 1.15 bits per heavy atom. The second-order valence-corrected chi connectivity index (χ2v) is 7.00. The summed E-state index contributed by atoms with van der Waals surface area (Å²) >= 11 is 0. The molecule has 2 atom stereocenters. The predicted octanol–water partition coefficient (Wildman–Crippen LogP) is 3.93. The average molecular weight is 375 g/mol. The topological polar surface area (TPSA) is 56.2 Å². The van der Waals surface area contributed by atoms with Crippen LogP contribution in [0.25, 0.3) is 0 Å². The first-order valence-electron chi connectivity index (χ1n) is 8.43. The van der Waals surface area contributed by atoms with Gasteiger partial charge in [-0.1, -0.05) is 42.5 Å². The van der Waals surface area contributed by atoms with Gasteiger partial charge in [-0.3, -0.25) is 15.1 Å². The lowest BCUT2D eigenvalue weighted by Gasteiger charge is -2.46. The van der Waals surface area contributed by atoms with Gasteiger partial charge in [0.25, 0.3) is 5.92 Å². The fourth-order valence-electron chi connectivity index (χ4n) is 3.50. The summed E-state index contributed by atoms with van der Waals surface area (Å²) in [4.78, 5) is 14.1. The van der Waals surface area contributed by atoms with E-state index >= 15 is 0 Å². The molecule has 0 aliphatic carbocycles. The highest BCUT2D eigenvalue weighted by atomic mass is 19.3. The molecule has 1 aliphatic rings. The summed E-state index contributed by atoms with van der Waals surface area (Å²) < 4.78 is 41.6. The number of nitrogens with one attached hydrogen (secondary N) is 2. The molecule has 3 rings (SSSR count). The molecule has 1 saturated heterocycles. The zero-order valence-corrected chi connectivity index (χ0v) is 15.2. The second kappa shape index (κ2) is 6.40. The molecular formula is C20H20F3N3O. The molecule has 0 saturated carbocycles. The molecule has 0 bridgehead atoms. The maximum atomic E-state index is 14.5. The number of benzene rings is 2. The van der Waals surface area contributed by atoms with E-state index in [9.17, 15) is 18.0 Å². The van der Waals surface area contributed by atoms with Crippen LogP contribution in [0, 0.1) is 11.2 Å². The van der Waals surface area contributed by atoms with Crippen molar-refractivity contribution in [2.24, 2.45) is 0 Å². The van der Waals surface area contributed by atoms with E-state index in [4.69, 9.17) is 5.41 Å². The van der Waals surface area contributed by atoms with E-state index in [1.165, 1.54) is 43.4 Å². The molecule has 0 spiro atoms. The van der Waals surface area contributed by atoms with Crippen LogP contribution in [0.4, 0.5) is 13.2 Å². The number of halogens is 3. The van der Waals surface area contributed by atoms with Crippen molar-refractivity contribution >= 4 is 11.9 Å². The SMILES string of the molecule is CN1C(=N)N[C@](C)(c2ccccc2F)[C@H](c2ccc(C(C)(F)F)cc2)C1=O. The number of hydrogen-bond acceptors (Lipinski definition) is 2. The molecule has 1 fully saturated rings. The first-order valence-corrected chi connectivity index (χ1v) is 8.43. The Hall–Kier alpha value is -2.83. The number of rotatable bonds is 3. The third-order valence-electron chi connectivity index (χ3n) is 5.05. The lowest BCUT2D eigenvalue weighted by Crippen LogP contribution is -2.62. The van der Waals surface area contributed by atoms with Crippen LogP contribution in [0.2, 0.25) is 0 Å². The van der Waals surface area contributed by atoms with Crippen molar-refractivity contribution in [1.29, 1.82) is 5.41 Å². The van der Waals surface area contributed by atoms with E-state index in [1.807, 2.05) is 0 Å². The first kappa shape index (κ1) is 18.9. The van der Waals surface area contributed by atoms with Gasteiger partial charge in [0.05, 0.1) is 11.5 Å². The minimum absolute atomic E-state index is 0.154. The molecule has 0 aromatic heterocycles. The fourth-order valence-corrected chi connectivity index (χ4v) is 3.50. The Bertz CT molecular complexity index is 892. The monoisotopic (exact) mass is 375 g/mol. The van der Waals surface area contributed by atoms with Crippen molar-refractivity contribution in [1.82, 2.24) is 10.2 Å². The Morgan fingerprint density at radius 3 is 2.30 bits per heavy atom. The fraction of sp³-hybridized carbons (Fsp3) is 0.300. The highest BCUT2D eigenvalue weighted by Crippen LogP contribution is 2.42. The van der Waals surface area contributed by atoms with Crippen molar-refractivity contribution in [3.8, 4) is 0 Å². The summed E-state index contributed by atoms with van der Waals surface area (Å²) in [6.07, 6.45) is 0. The maximum absolute atomic E-state index is 14.5. The molecule has 2 N–H and O–H groups in total. The van der Waals surface area contributed by atoms with Gasteiger partial charge in [-0.25, -0.2) is 13.2 Å². The summed E-state index contributed by atoms with van der Waals surface area (Å²) in [5, 5.41) is 11.0. The molecule has 0 unspecified atom stereocenters. The van der Waals surface area contributed by atoms with Crippen LogP contribution >= 0.6 is 0 Å². The van der Waals surface area contributed by atoms with Crippen molar-refractivity contribution in [2.45, 2.75) is 31.2 Å². The van der Waals surface area contributed by atoms with Crippen molar-refractivity contribution in [2.75, 3.05) is 7.05 Å². The van der Waals surface area contributed by atoms with E-state index in [0.29, 0.717) is 5.56 Å². The summed E-state index contributed by atoms with van der Waals surface area (Å²) in [7, 11) is 1.44. The zero-order valence-electron chi connectivity index (χ0n) is 15.2. The molecule has 4 nitrogen and oxygen atoms in total. The average Bonchev–Trinajstić information content (AvgIpc) is 2.60. The summed E-state index contributed by atoms with van der Waals surface area (Å²) in [6.45, 7) is 2.44. The van der Waals surface area contributed by atoms with E-state index in [0.717, 1.165) is 11.8 Å². The highest BCUT2D eigenvalue weighted by Gasteiger charge is 2.49. The molecule has 2 aromatic carbocycles. The molecule has 7 heteroatoms. The normalized spacial score (nSPS) is 23.3. The van der Waals surface area contributed by atoms with Gasteiger partial charge in [0.2, 0.25) is 5.91 Å². The number of carbonyl (C=O) groups is 1. The van der Waals surface area contributed by atoms with E-state index in [1.54, 1.807) is 19.1 Å². The standard InChI is InChI=1S/C20H20F3N3O/c1-19(14-6-4-5-7-15(14)21)16(17(27)26(3)18(24)25-19)12-8-10-13(11-9-12)20(2,22)23/h4-11,16H,1-3H3,(H2,24,25)/t16-,19-/m1/s1. The van der Waals surface area contributed by atoms with Crippen LogP contribution in [-0.4, -0.2) is 23.8 Å². The van der Waals surface area contributed by atoms with Gasteiger partial charge in [0.1, 0.15) is 5.82 Å². The van der Waals surface area contributed by atoms with Crippen LogP contribution in [0.5, 0.6) is 0 Å². The molecular weight excluding hydrogens is 355 g/mol. The van der Waals surface area contributed by atoms with E-state index in [-0.39, 0.29) is 17.1 Å². The lowest BCUT2D eigenvalue weighted by molar-refractivity contribution is -0.131. The van der Waals surface area contributed by atoms with Gasteiger partial charge >= 0.3 is 0 Å². The summed E-state index contributed by atoms with van der Waals surface area (Å²) in [5.41, 5.74) is -0.727. The molecule has 1 heterocycles. The minimum atomic E-state index is -3.00. The smallest absolute Gasteiger partial charge is 0.270 e. The van der Waals surface area contributed by atoms with Gasteiger partial charge in [0, 0.05) is 25.1 Å². The quantitative estimate of drug-likeness (QED) is 0.854. The lowest BCUT2D eigenvalue weighted by atomic mass is 9.73. The number of alkyl halides is 2. The minimum Gasteiger partial charge on any atom is -0.346 e. The first-order chi connectivity index (χ1) is 12.6. The van der Waals surface area contributed by atoms with Crippen molar-refractivity contribution < 1.29 is 18.0 Å². The Labute approximate surface area is 155 Å². The highest BCUT2D eigenvalue weighted by molar-refractivity contribution is 6.02. The van der Waals surface area contributed by atoms with Crippen LogP contribution in [0.3, 0.4) is 0 Å². The van der Waals surface area contributed by atoms with Crippen LogP contribution in [-0.2, 0) is 16.3 Å². The maximum Gasteiger partial charge on any atom is 0.270 e. The van der Waals surface area contributed by atoms with Gasteiger partial charge in [-0.2, -0.15) is 0 Å². The van der Waals surface area contributed by atoms with Crippen LogP contribution < -0.4 is 5.32 Å². The number of likely N-dealkylation sites (N-methyl/N-ethyl adjacent to an activating group) is 1. The predicted molar refractivity (Wildman–Crippen MR) is 96.1 cm³/mol. The molecule has 142 valence electrons. The number of carbonyl (C=O) groups excluding carboxylic acids is 1. The van der Waals surface area contributed by atoms with Crippen LogP contribution in [0.1, 0.15) is 36.5 Å². The van der Waals surface area contributed by atoms with Crippen molar-refractivity contribution in [3.63, 3.8) is 0 Å². The Kier molecular flexibility index (Phi) is 4.49. The number of amides is 1. The molecule has 27 heavy (non-hydrogen) atoms. The van der Waals surface area contributed by atoms with Gasteiger partial charge < -0.3 is 5.32 Å². The third-order valence-corrected chi connectivity index (χ3v) is 5.05. The van der Waals surface area contributed by atoms with Gasteiger partial charge in [-0.15, -0.1) is 0 Å². The summed E-state index contributed by atoms with van der Waals surface area (Å²) in [5.74, 6) is -4.98. The third kappa shape index (κ3) is 3.18. The number of hydrogen-bond donors (Lipinski definition) is 2. The number of guanidine groups is 1. The molecule has 2 aromatic rings. The van der Waals surface area contributed by atoms with Crippen LogP contribution in [0.15, 0.2) is 48.5 Å². The van der Waals surface area contributed by atoms with Gasteiger partial charge in [0.15, 0.2) is 5.96 Å². The van der Waals surface area contributed by atoms with E-state index < -0.39 is 29.1 Å². The summed E-state index contributed by atoms with van der Waals surface area (Å²) in [6, 6.07) is 11.5. The van der Waals surface area contributed by atoms with Gasteiger partial charge in [-0.05, 0) is 18.6 Å².